The summed E-state index contributed by atoms with van der Waals surface area (Å²) < 4.78 is 30.4. The fraction of sp³-hybridized carbons (Fsp3) is 0.238. The van der Waals surface area contributed by atoms with Crippen molar-refractivity contribution in [3.05, 3.63) is 71.9 Å². The van der Waals surface area contributed by atoms with Crippen LogP contribution in [-0.2, 0) is 17.8 Å². The highest BCUT2D eigenvalue weighted by atomic mass is 19.3. The summed E-state index contributed by atoms with van der Waals surface area (Å²) in [6, 6.07) is 15.8. The van der Waals surface area contributed by atoms with Crippen LogP contribution in [0, 0.1) is 0 Å². The Balaban J connectivity index is 1.59. The molecular formula is C21H22F2N4O2. The van der Waals surface area contributed by atoms with Gasteiger partial charge < -0.3 is 15.0 Å². The standard InChI is InChI=1S/C21H22F2N4O2/c1-26(2)17-7-3-16(4-8-17)14-27-19(11-12-24-27)25-20(28)13-15-5-9-18(10-6-15)29-21(22)23/h3-12,21H,13-14H2,1-2H3,(H,25,28). The molecule has 1 heterocycles. The number of benzene rings is 2. The Hall–Kier alpha value is -3.42. The van der Waals surface area contributed by atoms with Gasteiger partial charge in [-0.05, 0) is 35.4 Å². The van der Waals surface area contributed by atoms with Crippen LogP contribution in [0.3, 0.4) is 0 Å². The molecule has 0 radical (unpaired) electrons. The second-order valence-corrected chi connectivity index (χ2v) is 6.68. The number of hydrogen-bond donors (Lipinski definition) is 1. The molecule has 0 aliphatic carbocycles. The van der Waals surface area contributed by atoms with Crippen LogP contribution in [0.15, 0.2) is 60.8 Å². The molecule has 0 fully saturated rings. The molecule has 0 atom stereocenters. The van der Waals surface area contributed by atoms with Crippen LogP contribution >= 0.6 is 0 Å². The van der Waals surface area contributed by atoms with Crippen molar-refractivity contribution >= 4 is 17.4 Å². The summed E-state index contributed by atoms with van der Waals surface area (Å²) in [5.74, 6) is 0.420. The third-order valence-electron chi connectivity index (χ3n) is 4.28. The second kappa shape index (κ2) is 9.18. The van der Waals surface area contributed by atoms with Crippen LogP contribution in [0.1, 0.15) is 11.1 Å². The Kier molecular flexibility index (Phi) is 6.43. The van der Waals surface area contributed by atoms with Crippen molar-refractivity contribution in [2.75, 3.05) is 24.3 Å². The van der Waals surface area contributed by atoms with E-state index in [4.69, 9.17) is 0 Å². The summed E-state index contributed by atoms with van der Waals surface area (Å²) in [5, 5.41) is 7.11. The molecular weight excluding hydrogens is 378 g/mol. The highest BCUT2D eigenvalue weighted by molar-refractivity contribution is 5.91. The number of nitrogens with zero attached hydrogens (tertiary/aromatic N) is 3. The summed E-state index contributed by atoms with van der Waals surface area (Å²) in [7, 11) is 3.96. The van der Waals surface area contributed by atoms with E-state index in [0.717, 1.165) is 11.3 Å². The molecule has 0 aliphatic heterocycles. The van der Waals surface area contributed by atoms with Gasteiger partial charge in [0, 0.05) is 25.8 Å². The number of carbonyl (C=O) groups excluding carboxylic acids is 1. The van der Waals surface area contributed by atoms with Gasteiger partial charge in [-0.25, -0.2) is 4.68 Å². The summed E-state index contributed by atoms with van der Waals surface area (Å²) in [6.07, 6.45) is 1.73. The Morgan fingerprint density at radius 2 is 1.72 bits per heavy atom. The van der Waals surface area contributed by atoms with E-state index in [0.29, 0.717) is 17.9 Å². The van der Waals surface area contributed by atoms with Gasteiger partial charge in [0.1, 0.15) is 11.6 Å². The van der Waals surface area contributed by atoms with Crippen LogP contribution in [0.5, 0.6) is 5.75 Å². The van der Waals surface area contributed by atoms with E-state index in [1.807, 2.05) is 43.3 Å². The van der Waals surface area contributed by atoms with E-state index >= 15 is 0 Å². The van der Waals surface area contributed by atoms with E-state index in [1.54, 1.807) is 29.1 Å². The van der Waals surface area contributed by atoms with Gasteiger partial charge in [-0.15, -0.1) is 0 Å². The number of amides is 1. The highest BCUT2D eigenvalue weighted by Gasteiger charge is 2.10. The van der Waals surface area contributed by atoms with Gasteiger partial charge in [0.05, 0.1) is 19.2 Å². The number of rotatable bonds is 8. The lowest BCUT2D eigenvalue weighted by Crippen LogP contribution is -2.18. The first-order valence-electron chi connectivity index (χ1n) is 9.02. The number of anilines is 2. The minimum Gasteiger partial charge on any atom is -0.435 e. The molecule has 0 aliphatic rings. The molecule has 152 valence electrons. The molecule has 0 saturated carbocycles. The molecule has 3 rings (SSSR count). The van der Waals surface area contributed by atoms with Crippen molar-refractivity contribution in [2.45, 2.75) is 19.6 Å². The predicted octanol–water partition coefficient (Wildman–Crippen LogP) is 3.78. The van der Waals surface area contributed by atoms with Gasteiger partial charge >= 0.3 is 6.61 Å². The van der Waals surface area contributed by atoms with Crippen LogP contribution in [0.25, 0.3) is 0 Å². The van der Waals surface area contributed by atoms with Crippen molar-refractivity contribution in [3.8, 4) is 5.75 Å². The number of aromatic nitrogens is 2. The largest absolute Gasteiger partial charge is 0.435 e. The quantitative estimate of drug-likeness (QED) is 0.625. The van der Waals surface area contributed by atoms with Crippen molar-refractivity contribution in [2.24, 2.45) is 0 Å². The lowest BCUT2D eigenvalue weighted by molar-refractivity contribution is -0.115. The minimum absolute atomic E-state index is 0.0579. The highest BCUT2D eigenvalue weighted by Crippen LogP contribution is 2.17. The van der Waals surface area contributed by atoms with Gasteiger partial charge in [0.2, 0.25) is 5.91 Å². The zero-order chi connectivity index (χ0) is 20.8. The van der Waals surface area contributed by atoms with Crippen LogP contribution in [-0.4, -0.2) is 36.4 Å². The van der Waals surface area contributed by atoms with Crippen LogP contribution in [0.4, 0.5) is 20.3 Å². The fourth-order valence-electron chi connectivity index (χ4n) is 2.80. The first-order chi connectivity index (χ1) is 13.9. The Morgan fingerprint density at radius 3 is 2.34 bits per heavy atom. The summed E-state index contributed by atoms with van der Waals surface area (Å²) in [4.78, 5) is 14.4. The second-order valence-electron chi connectivity index (χ2n) is 6.68. The molecule has 1 amide bonds. The number of ether oxygens (including phenoxy) is 1. The van der Waals surface area contributed by atoms with Crippen LogP contribution < -0.4 is 15.0 Å². The van der Waals surface area contributed by atoms with Crippen molar-refractivity contribution < 1.29 is 18.3 Å². The minimum atomic E-state index is -2.87. The number of halogens is 2. The lowest BCUT2D eigenvalue weighted by Gasteiger charge is -2.13. The van der Waals surface area contributed by atoms with E-state index in [2.05, 4.69) is 15.2 Å². The lowest BCUT2D eigenvalue weighted by atomic mass is 10.1. The maximum atomic E-state index is 12.4. The molecule has 1 N–H and O–H groups in total. The fourth-order valence-corrected chi connectivity index (χ4v) is 2.80. The van der Waals surface area contributed by atoms with Crippen LogP contribution in [0.2, 0.25) is 0 Å². The Labute approximate surface area is 167 Å². The molecule has 8 heteroatoms. The monoisotopic (exact) mass is 400 g/mol. The smallest absolute Gasteiger partial charge is 0.387 e. The SMILES string of the molecule is CN(C)c1ccc(Cn2nccc2NC(=O)Cc2ccc(OC(F)F)cc2)cc1. The van der Waals surface area contributed by atoms with E-state index in [9.17, 15) is 13.6 Å². The Bertz CT molecular complexity index is 938. The first-order valence-corrected chi connectivity index (χ1v) is 9.02. The molecule has 0 unspecified atom stereocenters. The molecule has 29 heavy (non-hydrogen) atoms. The van der Waals surface area contributed by atoms with E-state index in [-0.39, 0.29) is 18.1 Å². The molecule has 2 aromatic carbocycles. The van der Waals surface area contributed by atoms with Crippen molar-refractivity contribution in [1.82, 2.24) is 9.78 Å². The number of nitrogens with one attached hydrogen (secondary N) is 1. The number of carbonyl (C=O) groups is 1. The average molecular weight is 400 g/mol. The van der Waals surface area contributed by atoms with Gasteiger partial charge in [-0.2, -0.15) is 13.9 Å². The summed E-state index contributed by atoms with van der Waals surface area (Å²) in [5.41, 5.74) is 2.85. The van der Waals surface area contributed by atoms with Gasteiger partial charge in [-0.3, -0.25) is 4.79 Å². The van der Waals surface area contributed by atoms with E-state index in [1.165, 1.54) is 12.1 Å². The molecule has 0 spiro atoms. The Morgan fingerprint density at radius 1 is 1.07 bits per heavy atom. The zero-order valence-electron chi connectivity index (χ0n) is 16.2. The molecule has 0 bridgehead atoms. The van der Waals surface area contributed by atoms with Crippen molar-refractivity contribution in [3.63, 3.8) is 0 Å². The van der Waals surface area contributed by atoms with Gasteiger partial charge in [-0.1, -0.05) is 24.3 Å². The molecule has 6 nitrogen and oxygen atoms in total. The average Bonchev–Trinajstić information content (AvgIpc) is 3.10. The van der Waals surface area contributed by atoms with Gasteiger partial charge in [0.25, 0.3) is 0 Å². The van der Waals surface area contributed by atoms with E-state index < -0.39 is 6.61 Å². The van der Waals surface area contributed by atoms with Gasteiger partial charge in [0.15, 0.2) is 0 Å². The first kappa shape index (κ1) is 20.3. The third-order valence-corrected chi connectivity index (χ3v) is 4.28. The molecule has 0 saturated heterocycles. The number of hydrogen-bond acceptors (Lipinski definition) is 4. The normalized spacial score (nSPS) is 10.8. The maximum absolute atomic E-state index is 12.4. The van der Waals surface area contributed by atoms with Crippen molar-refractivity contribution in [1.29, 1.82) is 0 Å². The third kappa shape index (κ3) is 5.78. The maximum Gasteiger partial charge on any atom is 0.387 e. The predicted molar refractivity (Wildman–Crippen MR) is 108 cm³/mol. The summed E-state index contributed by atoms with van der Waals surface area (Å²) >= 11 is 0. The molecule has 1 aromatic heterocycles. The topological polar surface area (TPSA) is 59.4 Å². The summed E-state index contributed by atoms with van der Waals surface area (Å²) in [6.45, 7) is -2.35. The molecule has 3 aromatic rings. The number of alkyl halides is 2. The zero-order valence-corrected chi connectivity index (χ0v) is 16.2.